The second-order valence-corrected chi connectivity index (χ2v) is 5.56. The topological polar surface area (TPSA) is 55.6 Å². The number of nitrogens with zero attached hydrogens (tertiary/aromatic N) is 1. The molecule has 2 N–H and O–H groups in total. The maximum absolute atomic E-state index is 12.8. The zero-order valence-electron chi connectivity index (χ0n) is 13.2. The Morgan fingerprint density at radius 3 is 2.70 bits per heavy atom. The average molecular weight is 308 g/mol. The fourth-order valence-corrected chi connectivity index (χ4v) is 2.57. The maximum atomic E-state index is 12.8. The Hall–Kier alpha value is -2.75. The lowest BCUT2D eigenvalue weighted by Crippen LogP contribution is -2.38. The van der Waals surface area contributed by atoms with Crippen LogP contribution in [-0.2, 0) is 4.79 Å². The molecule has 118 valence electrons. The number of benzene rings is 2. The monoisotopic (exact) mass is 308 g/mol. The second-order valence-electron chi connectivity index (χ2n) is 5.56. The zero-order valence-corrected chi connectivity index (χ0v) is 13.2. The van der Waals surface area contributed by atoms with E-state index in [-0.39, 0.29) is 5.91 Å². The van der Waals surface area contributed by atoms with Crippen molar-refractivity contribution in [2.45, 2.75) is 19.8 Å². The molecule has 1 aliphatic heterocycles. The van der Waals surface area contributed by atoms with Gasteiger partial charge < -0.3 is 15.4 Å². The van der Waals surface area contributed by atoms with Crippen LogP contribution in [0.5, 0.6) is 5.75 Å². The lowest BCUT2D eigenvalue weighted by molar-refractivity contribution is -0.117. The summed E-state index contributed by atoms with van der Waals surface area (Å²) < 4.78 is 5.83. The van der Waals surface area contributed by atoms with Crippen molar-refractivity contribution in [2.24, 2.45) is 0 Å². The number of anilines is 2. The van der Waals surface area contributed by atoms with Crippen molar-refractivity contribution in [1.29, 1.82) is 0 Å². The first-order valence-electron chi connectivity index (χ1n) is 7.85. The summed E-state index contributed by atoms with van der Waals surface area (Å²) in [6, 6.07) is 15.1. The van der Waals surface area contributed by atoms with Crippen LogP contribution in [0.15, 0.2) is 54.3 Å². The van der Waals surface area contributed by atoms with Crippen LogP contribution < -0.4 is 15.4 Å². The fourth-order valence-electron chi connectivity index (χ4n) is 2.57. The first-order chi connectivity index (χ1) is 11.2. The van der Waals surface area contributed by atoms with Gasteiger partial charge in [0.25, 0.3) is 5.91 Å². The minimum Gasteiger partial charge on any atom is -0.449 e. The van der Waals surface area contributed by atoms with E-state index in [1.165, 1.54) is 0 Å². The highest BCUT2D eigenvalue weighted by molar-refractivity contribution is 6.10. The van der Waals surface area contributed by atoms with Crippen LogP contribution in [0.3, 0.4) is 0 Å². The molecule has 0 atom stereocenters. The van der Waals surface area contributed by atoms with Gasteiger partial charge in [0.1, 0.15) is 0 Å². The summed E-state index contributed by atoms with van der Waals surface area (Å²) in [7, 11) is 0. The molecule has 0 saturated carbocycles. The van der Waals surface area contributed by atoms with Crippen LogP contribution in [0.2, 0.25) is 0 Å². The SMILES string of the molecule is CCCCN1C(=O)/C(=C\c2ccccc2)Oc2cc(N)ccc21. The van der Waals surface area contributed by atoms with Crippen LogP contribution in [0, 0.1) is 0 Å². The summed E-state index contributed by atoms with van der Waals surface area (Å²) >= 11 is 0. The summed E-state index contributed by atoms with van der Waals surface area (Å²) in [6.45, 7) is 2.78. The van der Waals surface area contributed by atoms with E-state index in [2.05, 4.69) is 6.92 Å². The number of nitrogen functional groups attached to an aromatic ring is 1. The van der Waals surface area contributed by atoms with E-state index in [1.807, 2.05) is 36.4 Å². The number of fused-ring (bicyclic) bond motifs is 1. The van der Waals surface area contributed by atoms with Gasteiger partial charge in [-0.15, -0.1) is 0 Å². The molecule has 3 rings (SSSR count). The Kier molecular flexibility index (Phi) is 4.33. The number of amides is 1. The molecule has 1 heterocycles. The molecule has 0 saturated heterocycles. The molecule has 2 aromatic rings. The molecule has 0 bridgehead atoms. The highest BCUT2D eigenvalue weighted by Crippen LogP contribution is 2.37. The number of ether oxygens (including phenoxy) is 1. The van der Waals surface area contributed by atoms with Gasteiger partial charge in [-0.3, -0.25) is 4.79 Å². The average Bonchev–Trinajstić information content (AvgIpc) is 2.56. The minimum atomic E-state index is -0.112. The van der Waals surface area contributed by atoms with Crippen LogP contribution in [0.25, 0.3) is 6.08 Å². The van der Waals surface area contributed by atoms with E-state index in [1.54, 1.807) is 23.1 Å². The Bertz CT molecular complexity index is 738. The first-order valence-corrected chi connectivity index (χ1v) is 7.85. The zero-order chi connectivity index (χ0) is 16.2. The Morgan fingerprint density at radius 2 is 1.96 bits per heavy atom. The molecular weight excluding hydrogens is 288 g/mol. The van der Waals surface area contributed by atoms with Crippen molar-refractivity contribution in [3.63, 3.8) is 0 Å². The molecular formula is C19H20N2O2. The number of hydrogen-bond acceptors (Lipinski definition) is 3. The van der Waals surface area contributed by atoms with E-state index in [0.717, 1.165) is 24.1 Å². The molecule has 23 heavy (non-hydrogen) atoms. The van der Waals surface area contributed by atoms with Gasteiger partial charge in [0.2, 0.25) is 0 Å². The van der Waals surface area contributed by atoms with Crippen LogP contribution in [0.1, 0.15) is 25.3 Å². The minimum absolute atomic E-state index is 0.112. The molecule has 1 amide bonds. The van der Waals surface area contributed by atoms with Crippen molar-refractivity contribution >= 4 is 23.4 Å². The van der Waals surface area contributed by atoms with Gasteiger partial charge in [-0.05, 0) is 30.2 Å². The number of nitrogens with two attached hydrogens (primary N) is 1. The number of hydrogen-bond donors (Lipinski definition) is 1. The van der Waals surface area contributed by atoms with Gasteiger partial charge in [-0.1, -0.05) is 43.7 Å². The van der Waals surface area contributed by atoms with Crippen LogP contribution >= 0.6 is 0 Å². The summed E-state index contributed by atoms with van der Waals surface area (Å²) in [4.78, 5) is 14.6. The van der Waals surface area contributed by atoms with Gasteiger partial charge in [0, 0.05) is 18.3 Å². The normalized spacial score (nSPS) is 15.4. The highest BCUT2D eigenvalue weighted by atomic mass is 16.5. The fraction of sp³-hybridized carbons (Fsp3) is 0.211. The smallest absolute Gasteiger partial charge is 0.294 e. The van der Waals surface area contributed by atoms with E-state index >= 15 is 0 Å². The predicted octanol–water partition coefficient (Wildman–Crippen LogP) is 3.84. The maximum Gasteiger partial charge on any atom is 0.294 e. The molecule has 0 unspecified atom stereocenters. The summed E-state index contributed by atoms with van der Waals surface area (Å²) in [5, 5.41) is 0. The van der Waals surface area contributed by atoms with E-state index in [9.17, 15) is 4.79 Å². The highest BCUT2D eigenvalue weighted by Gasteiger charge is 2.29. The molecule has 0 spiro atoms. The molecule has 0 radical (unpaired) electrons. The Morgan fingerprint density at radius 1 is 1.17 bits per heavy atom. The number of unbranched alkanes of at least 4 members (excludes halogenated alkanes) is 1. The largest absolute Gasteiger partial charge is 0.449 e. The summed E-state index contributed by atoms with van der Waals surface area (Å²) in [6.07, 6.45) is 3.73. The number of rotatable bonds is 4. The van der Waals surface area contributed by atoms with Crippen LogP contribution in [-0.4, -0.2) is 12.5 Å². The third kappa shape index (κ3) is 3.21. The van der Waals surface area contributed by atoms with Crippen molar-refractivity contribution in [3.05, 3.63) is 59.9 Å². The lowest BCUT2D eigenvalue weighted by Gasteiger charge is -2.30. The van der Waals surface area contributed by atoms with Gasteiger partial charge in [0.15, 0.2) is 11.5 Å². The first kappa shape index (κ1) is 15.2. The van der Waals surface area contributed by atoms with Crippen molar-refractivity contribution in [3.8, 4) is 5.75 Å². The molecule has 0 fully saturated rings. The van der Waals surface area contributed by atoms with Crippen molar-refractivity contribution in [1.82, 2.24) is 0 Å². The second kappa shape index (κ2) is 6.57. The summed E-state index contributed by atoms with van der Waals surface area (Å²) in [5.74, 6) is 0.841. The Balaban J connectivity index is 2.01. The molecule has 1 aliphatic rings. The number of carbonyl (C=O) groups is 1. The molecule has 2 aromatic carbocycles. The van der Waals surface area contributed by atoms with Gasteiger partial charge >= 0.3 is 0 Å². The molecule has 4 nitrogen and oxygen atoms in total. The van der Waals surface area contributed by atoms with Gasteiger partial charge in [0.05, 0.1) is 5.69 Å². The van der Waals surface area contributed by atoms with E-state index in [0.29, 0.717) is 23.7 Å². The quantitative estimate of drug-likeness (QED) is 0.690. The van der Waals surface area contributed by atoms with Gasteiger partial charge in [-0.25, -0.2) is 0 Å². The Labute approximate surface area is 136 Å². The van der Waals surface area contributed by atoms with E-state index < -0.39 is 0 Å². The lowest BCUT2D eigenvalue weighted by atomic mass is 10.1. The summed E-state index contributed by atoms with van der Waals surface area (Å²) in [5.41, 5.74) is 8.19. The third-order valence-corrected chi connectivity index (χ3v) is 3.78. The third-order valence-electron chi connectivity index (χ3n) is 3.78. The van der Waals surface area contributed by atoms with Crippen molar-refractivity contribution in [2.75, 3.05) is 17.2 Å². The number of carbonyl (C=O) groups excluding carboxylic acids is 1. The van der Waals surface area contributed by atoms with Crippen LogP contribution in [0.4, 0.5) is 11.4 Å². The molecule has 0 aliphatic carbocycles. The van der Waals surface area contributed by atoms with E-state index in [4.69, 9.17) is 10.5 Å². The predicted molar refractivity (Wildman–Crippen MR) is 93.2 cm³/mol. The van der Waals surface area contributed by atoms with Crippen molar-refractivity contribution < 1.29 is 9.53 Å². The molecule has 4 heteroatoms. The van der Waals surface area contributed by atoms with Gasteiger partial charge in [-0.2, -0.15) is 0 Å². The standard InChI is InChI=1S/C19H20N2O2/c1-2-3-11-21-16-10-9-15(20)13-17(16)23-18(19(21)22)12-14-7-5-4-6-8-14/h4-10,12-13H,2-3,11,20H2,1H3/b18-12+. The molecule has 0 aromatic heterocycles.